The third kappa shape index (κ3) is 3.64. The number of nitrogens with zero attached hydrogens (tertiary/aromatic N) is 2. The lowest BCUT2D eigenvalue weighted by atomic mass is 9.89. The standard InChI is InChI=1S/C21H28N2O2S/c1-5-26(24,25)18-10-11-21-19(15-18)16(12-13-22(2)3)14-17-8-6-7-9-20(17)23(21)4/h6-11,15-16H,5,12-14H2,1-4H3. The molecule has 5 heteroatoms. The van der Waals surface area contributed by atoms with E-state index in [2.05, 4.69) is 55.2 Å². The minimum atomic E-state index is -3.21. The van der Waals surface area contributed by atoms with E-state index in [1.807, 2.05) is 12.1 Å². The molecule has 0 saturated heterocycles. The van der Waals surface area contributed by atoms with Gasteiger partial charge in [-0.05, 0) is 74.8 Å². The fraction of sp³-hybridized carbons (Fsp3) is 0.429. The second kappa shape index (κ2) is 7.41. The predicted molar refractivity (Wildman–Crippen MR) is 108 cm³/mol. The van der Waals surface area contributed by atoms with Crippen molar-refractivity contribution in [2.45, 2.75) is 30.6 Å². The van der Waals surface area contributed by atoms with Gasteiger partial charge in [0.2, 0.25) is 0 Å². The summed E-state index contributed by atoms with van der Waals surface area (Å²) >= 11 is 0. The molecule has 1 atom stereocenters. The Morgan fingerprint density at radius 3 is 2.54 bits per heavy atom. The van der Waals surface area contributed by atoms with Gasteiger partial charge >= 0.3 is 0 Å². The first kappa shape index (κ1) is 18.9. The first-order valence-electron chi connectivity index (χ1n) is 9.16. The number of fused-ring (bicyclic) bond motifs is 2. The zero-order valence-electron chi connectivity index (χ0n) is 16.1. The average Bonchev–Trinajstić information content (AvgIpc) is 2.75. The number of rotatable bonds is 5. The molecule has 2 aromatic rings. The number of hydrogen-bond donors (Lipinski definition) is 0. The SMILES string of the molecule is CCS(=O)(=O)c1ccc2c(c1)C(CCN(C)C)Cc1ccccc1N2C. The highest BCUT2D eigenvalue weighted by atomic mass is 32.2. The van der Waals surface area contributed by atoms with Gasteiger partial charge in [-0.25, -0.2) is 8.42 Å². The van der Waals surface area contributed by atoms with E-state index in [1.165, 1.54) is 11.3 Å². The van der Waals surface area contributed by atoms with Gasteiger partial charge in [0.1, 0.15) is 0 Å². The third-order valence-corrected chi connectivity index (χ3v) is 7.02. The normalized spacial score (nSPS) is 17.0. The number of sulfone groups is 1. The molecule has 0 saturated carbocycles. The molecular weight excluding hydrogens is 344 g/mol. The molecule has 0 radical (unpaired) electrons. The first-order chi connectivity index (χ1) is 12.3. The molecule has 0 N–H and O–H groups in total. The molecule has 0 fully saturated rings. The number of benzene rings is 2. The molecule has 4 nitrogen and oxygen atoms in total. The number of hydrogen-bond acceptors (Lipinski definition) is 4. The van der Waals surface area contributed by atoms with Crippen LogP contribution in [0.15, 0.2) is 47.4 Å². The van der Waals surface area contributed by atoms with Crippen molar-refractivity contribution >= 4 is 21.2 Å². The van der Waals surface area contributed by atoms with Gasteiger partial charge in [0.15, 0.2) is 9.84 Å². The van der Waals surface area contributed by atoms with Crippen molar-refractivity contribution in [3.05, 3.63) is 53.6 Å². The van der Waals surface area contributed by atoms with Crippen LogP contribution in [-0.4, -0.2) is 46.8 Å². The highest BCUT2D eigenvalue weighted by Crippen LogP contribution is 2.42. The van der Waals surface area contributed by atoms with E-state index < -0.39 is 9.84 Å². The van der Waals surface area contributed by atoms with Crippen molar-refractivity contribution in [2.75, 3.05) is 38.3 Å². The van der Waals surface area contributed by atoms with Crippen LogP contribution in [0.25, 0.3) is 0 Å². The Morgan fingerprint density at radius 2 is 1.85 bits per heavy atom. The zero-order valence-corrected chi connectivity index (χ0v) is 16.9. The van der Waals surface area contributed by atoms with Crippen LogP contribution in [0.2, 0.25) is 0 Å². The maximum Gasteiger partial charge on any atom is 0.178 e. The Balaban J connectivity index is 2.14. The maximum atomic E-state index is 12.4. The van der Waals surface area contributed by atoms with Crippen LogP contribution in [0.3, 0.4) is 0 Å². The van der Waals surface area contributed by atoms with E-state index in [0.29, 0.717) is 10.8 Å². The summed E-state index contributed by atoms with van der Waals surface area (Å²) in [6, 6.07) is 14.1. The Kier molecular flexibility index (Phi) is 5.39. The molecule has 140 valence electrons. The monoisotopic (exact) mass is 372 g/mol. The molecule has 1 heterocycles. The van der Waals surface area contributed by atoms with Crippen molar-refractivity contribution in [2.24, 2.45) is 0 Å². The second-order valence-electron chi connectivity index (χ2n) is 7.30. The minimum Gasteiger partial charge on any atom is -0.344 e. The van der Waals surface area contributed by atoms with Crippen molar-refractivity contribution in [3.63, 3.8) is 0 Å². The molecule has 3 rings (SSSR count). The fourth-order valence-corrected chi connectivity index (χ4v) is 4.63. The van der Waals surface area contributed by atoms with Gasteiger partial charge < -0.3 is 9.80 Å². The van der Waals surface area contributed by atoms with E-state index in [9.17, 15) is 8.42 Å². The van der Waals surface area contributed by atoms with Crippen molar-refractivity contribution in [3.8, 4) is 0 Å². The maximum absolute atomic E-state index is 12.4. The molecular formula is C21H28N2O2S. The third-order valence-electron chi connectivity index (χ3n) is 5.28. The molecule has 1 unspecified atom stereocenters. The molecule has 0 aliphatic carbocycles. The largest absolute Gasteiger partial charge is 0.344 e. The van der Waals surface area contributed by atoms with E-state index in [0.717, 1.165) is 30.6 Å². The molecule has 1 aliphatic heterocycles. The summed E-state index contributed by atoms with van der Waals surface area (Å²) in [4.78, 5) is 4.82. The lowest BCUT2D eigenvalue weighted by Crippen LogP contribution is -2.17. The van der Waals surface area contributed by atoms with Crippen LogP contribution in [0.4, 0.5) is 11.4 Å². The zero-order chi connectivity index (χ0) is 18.9. The molecule has 2 aromatic carbocycles. The van der Waals surface area contributed by atoms with Gasteiger partial charge in [-0.2, -0.15) is 0 Å². The highest BCUT2D eigenvalue weighted by Gasteiger charge is 2.26. The first-order valence-corrected chi connectivity index (χ1v) is 10.8. The summed E-state index contributed by atoms with van der Waals surface area (Å²) in [6.45, 7) is 2.67. The summed E-state index contributed by atoms with van der Waals surface area (Å²) in [7, 11) is 3.02. The average molecular weight is 373 g/mol. The number of anilines is 2. The van der Waals surface area contributed by atoms with Crippen LogP contribution in [0.5, 0.6) is 0 Å². The predicted octanol–water partition coefficient (Wildman–Crippen LogP) is 3.84. The molecule has 26 heavy (non-hydrogen) atoms. The van der Waals surface area contributed by atoms with Crippen molar-refractivity contribution in [1.29, 1.82) is 0 Å². The Morgan fingerprint density at radius 1 is 1.12 bits per heavy atom. The molecule has 0 amide bonds. The van der Waals surface area contributed by atoms with Crippen LogP contribution < -0.4 is 4.90 Å². The summed E-state index contributed by atoms with van der Waals surface area (Å²) < 4.78 is 24.8. The van der Waals surface area contributed by atoms with Crippen LogP contribution in [0, 0.1) is 0 Å². The van der Waals surface area contributed by atoms with Crippen LogP contribution in [0.1, 0.15) is 30.4 Å². The van der Waals surface area contributed by atoms with E-state index >= 15 is 0 Å². The number of para-hydroxylation sites is 1. The van der Waals surface area contributed by atoms with Gasteiger partial charge in [-0.15, -0.1) is 0 Å². The topological polar surface area (TPSA) is 40.6 Å². The van der Waals surface area contributed by atoms with Crippen LogP contribution in [-0.2, 0) is 16.3 Å². The summed E-state index contributed by atoms with van der Waals surface area (Å²) in [5.74, 6) is 0.426. The summed E-state index contributed by atoms with van der Waals surface area (Å²) in [5, 5.41) is 0. The quantitative estimate of drug-likeness (QED) is 0.800. The molecule has 0 aromatic heterocycles. The minimum absolute atomic E-state index is 0.129. The van der Waals surface area contributed by atoms with Gasteiger partial charge in [-0.1, -0.05) is 25.1 Å². The lowest BCUT2D eigenvalue weighted by molar-refractivity contribution is 0.380. The van der Waals surface area contributed by atoms with Gasteiger partial charge in [0.25, 0.3) is 0 Å². The lowest BCUT2D eigenvalue weighted by Gasteiger charge is -2.24. The van der Waals surface area contributed by atoms with Gasteiger partial charge in [0.05, 0.1) is 10.6 Å². The van der Waals surface area contributed by atoms with E-state index in [4.69, 9.17) is 0 Å². The summed E-state index contributed by atoms with van der Waals surface area (Å²) in [6.07, 6.45) is 1.93. The highest BCUT2D eigenvalue weighted by molar-refractivity contribution is 7.91. The Hall–Kier alpha value is -1.85. The van der Waals surface area contributed by atoms with Crippen molar-refractivity contribution < 1.29 is 8.42 Å². The van der Waals surface area contributed by atoms with E-state index in [-0.39, 0.29) is 5.75 Å². The fourth-order valence-electron chi connectivity index (χ4n) is 3.71. The molecule has 1 aliphatic rings. The van der Waals surface area contributed by atoms with E-state index in [1.54, 1.807) is 13.0 Å². The van der Waals surface area contributed by atoms with Crippen LogP contribution >= 0.6 is 0 Å². The molecule has 0 spiro atoms. The summed E-state index contributed by atoms with van der Waals surface area (Å²) in [5.41, 5.74) is 4.76. The molecule has 0 bridgehead atoms. The Bertz CT molecular complexity index is 891. The van der Waals surface area contributed by atoms with Crippen molar-refractivity contribution in [1.82, 2.24) is 4.90 Å². The Labute approximate surface area is 157 Å². The second-order valence-corrected chi connectivity index (χ2v) is 9.58. The van der Waals surface area contributed by atoms with Gasteiger partial charge in [-0.3, -0.25) is 0 Å². The smallest absolute Gasteiger partial charge is 0.178 e. The van der Waals surface area contributed by atoms with Gasteiger partial charge in [0, 0.05) is 18.4 Å².